The summed E-state index contributed by atoms with van der Waals surface area (Å²) in [5, 5.41) is 0.124. The van der Waals surface area contributed by atoms with E-state index in [9.17, 15) is 14.4 Å². The minimum absolute atomic E-state index is 0.0105. The topological polar surface area (TPSA) is 78.9 Å². The van der Waals surface area contributed by atoms with Crippen LogP contribution in [0.2, 0.25) is 18.1 Å². The number of benzene rings is 1. The number of ketones is 1. The number of hydrogen-bond donors (Lipinski definition) is 0. The minimum Gasteiger partial charge on any atom is -0.468 e. The number of esters is 2. The number of ether oxygens (including phenoxy) is 2. The molecule has 0 spiro atoms. The third-order valence-corrected chi connectivity index (χ3v) is 13.8. The Balaban J connectivity index is 2.22. The van der Waals surface area contributed by atoms with Crippen molar-refractivity contribution in [2.45, 2.75) is 142 Å². The molecule has 1 unspecified atom stereocenters. The summed E-state index contributed by atoms with van der Waals surface area (Å²) in [6.07, 6.45) is 9.61. The van der Waals surface area contributed by atoms with Crippen LogP contribution in [0, 0.1) is 5.41 Å². The van der Waals surface area contributed by atoms with Gasteiger partial charge in [0.15, 0.2) is 14.1 Å². The predicted octanol–water partition coefficient (Wildman–Crippen LogP) is 8.84. The lowest BCUT2D eigenvalue weighted by molar-refractivity contribution is -0.158. The predicted molar refractivity (Wildman–Crippen MR) is 167 cm³/mol. The van der Waals surface area contributed by atoms with Crippen molar-refractivity contribution in [1.82, 2.24) is 0 Å². The molecule has 1 saturated carbocycles. The van der Waals surface area contributed by atoms with Crippen LogP contribution in [-0.2, 0) is 28.3 Å². The van der Waals surface area contributed by atoms with Crippen molar-refractivity contribution in [1.29, 1.82) is 0 Å². The second-order valence-electron chi connectivity index (χ2n) is 13.2. The van der Waals surface area contributed by atoms with E-state index >= 15 is 0 Å². The van der Waals surface area contributed by atoms with Gasteiger partial charge in [-0.05, 0) is 61.9 Å². The third-order valence-electron chi connectivity index (χ3n) is 9.33. The zero-order valence-corrected chi connectivity index (χ0v) is 28.1. The van der Waals surface area contributed by atoms with Gasteiger partial charge in [0.25, 0.3) is 0 Å². The molecule has 6 nitrogen and oxygen atoms in total. The smallest absolute Gasteiger partial charge is 0.319 e. The molecule has 232 valence electrons. The molecular formula is C34H56O6Si. The van der Waals surface area contributed by atoms with Gasteiger partial charge < -0.3 is 13.9 Å². The monoisotopic (exact) mass is 588 g/mol. The van der Waals surface area contributed by atoms with Gasteiger partial charge in [0.1, 0.15) is 5.41 Å². The number of Topliss-reactive ketones (excluding diaryl/α,β-unsaturated/α-hetero) is 1. The number of carbonyl (C=O) groups is 3. The Bertz CT molecular complexity index is 980. The van der Waals surface area contributed by atoms with Crippen LogP contribution in [-0.4, -0.2) is 39.8 Å². The van der Waals surface area contributed by atoms with Crippen LogP contribution < -0.4 is 0 Å². The first kappa shape index (κ1) is 35.2. The molecule has 3 atom stereocenters. The number of unbranched alkanes of at least 4 members (excludes halogenated alkanes) is 5. The molecular weight excluding hydrogens is 532 g/mol. The van der Waals surface area contributed by atoms with E-state index in [1.807, 2.05) is 6.92 Å². The molecule has 2 rings (SSSR count). The second kappa shape index (κ2) is 16.0. The number of rotatable bonds is 17. The zero-order chi connectivity index (χ0) is 30.7. The highest BCUT2D eigenvalue weighted by Gasteiger charge is 2.56. The minimum atomic E-state index is -1.97. The average molecular weight is 589 g/mol. The molecule has 1 aliphatic carbocycles. The van der Waals surface area contributed by atoms with Crippen molar-refractivity contribution in [3.63, 3.8) is 0 Å². The Morgan fingerprint density at radius 1 is 1.00 bits per heavy atom. The standard InChI is InChI=1S/C34H56O6Si/c1-9-11-14-17-29(40-41(7,8)33(3,4)5)27-21-19-26(20-22-27)28-23-24-30(35)34(28,32(37)38-6)25-16-13-12-15-18-31(36)39-10-2/h19-22,28-29H,9-18,23-25H2,1-8H3/t28-,29+,34?/m1/s1. The van der Waals surface area contributed by atoms with Crippen LogP contribution in [0.15, 0.2) is 24.3 Å². The van der Waals surface area contributed by atoms with Gasteiger partial charge in [-0.15, -0.1) is 0 Å². The van der Waals surface area contributed by atoms with Crippen LogP contribution in [0.25, 0.3) is 0 Å². The van der Waals surface area contributed by atoms with Gasteiger partial charge in [-0.3, -0.25) is 14.4 Å². The summed E-state index contributed by atoms with van der Waals surface area (Å²) in [4.78, 5) is 38.2. The van der Waals surface area contributed by atoms with Crippen LogP contribution >= 0.6 is 0 Å². The Labute approximate surface area is 250 Å². The highest BCUT2D eigenvalue weighted by Crippen LogP contribution is 2.51. The molecule has 1 aliphatic rings. The molecule has 0 amide bonds. The fourth-order valence-corrected chi connectivity index (χ4v) is 7.17. The van der Waals surface area contributed by atoms with Gasteiger partial charge >= 0.3 is 11.9 Å². The first-order valence-corrected chi connectivity index (χ1v) is 18.8. The Hall–Kier alpha value is -1.99. The number of carbonyl (C=O) groups excluding carboxylic acids is 3. The van der Waals surface area contributed by atoms with Crippen LogP contribution in [0.1, 0.15) is 135 Å². The largest absolute Gasteiger partial charge is 0.468 e. The molecule has 0 aromatic heterocycles. The van der Waals surface area contributed by atoms with Gasteiger partial charge in [-0.25, -0.2) is 0 Å². The van der Waals surface area contributed by atoms with E-state index in [1.165, 1.54) is 25.5 Å². The molecule has 0 bridgehead atoms. The van der Waals surface area contributed by atoms with E-state index < -0.39 is 19.7 Å². The van der Waals surface area contributed by atoms with E-state index in [0.717, 1.165) is 44.1 Å². The lowest BCUT2D eigenvalue weighted by Gasteiger charge is -2.39. The molecule has 0 radical (unpaired) electrons. The molecule has 1 aromatic carbocycles. The highest BCUT2D eigenvalue weighted by atomic mass is 28.4. The van der Waals surface area contributed by atoms with E-state index in [-0.39, 0.29) is 28.8 Å². The Kier molecular flexibility index (Phi) is 13.8. The quantitative estimate of drug-likeness (QED) is 0.0783. The maximum Gasteiger partial charge on any atom is 0.319 e. The molecule has 1 aromatic rings. The van der Waals surface area contributed by atoms with Crippen molar-refractivity contribution in [2.24, 2.45) is 5.41 Å². The van der Waals surface area contributed by atoms with E-state index in [1.54, 1.807) is 0 Å². The van der Waals surface area contributed by atoms with Gasteiger partial charge in [-0.1, -0.05) is 90.5 Å². The Morgan fingerprint density at radius 3 is 2.24 bits per heavy atom. The summed E-state index contributed by atoms with van der Waals surface area (Å²) in [6, 6.07) is 8.52. The van der Waals surface area contributed by atoms with Crippen molar-refractivity contribution >= 4 is 26.0 Å². The summed E-state index contributed by atoms with van der Waals surface area (Å²) in [6.45, 7) is 15.9. The molecule has 0 aliphatic heterocycles. The normalized spacial score (nSPS) is 20.2. The first-order chi connectivity index (χ1) is 19.3. The molecule has 0 heterocycles. The summed E-state index contributed by atoms with van der Waals surface area (Å²) in [5.74, 6) is -0.797. The molecule has 41 heavy (non-hydrogen) atoms. The Morgan fingerprint density at radius 2 is 1.66 bits per heavy atom. The fraction of sp³-hybridized carbons (Fsp3) is 0.735. The van der Waals surface area contributed by atoms with Gasteiger partial charge in [0.05, 0.1) is 19.8 Å². The maximum absolute atomic E-state index is 13.4. The lowest BCUT2D eigenvalue weighted by Crippen LogP contribution is -2.42. The van der Waals surface area contributed by atoms with Crippen molar-refractivity contribution < 1.29 is 28.3 Å². The average Bonchev–Trinajstić information content (AvgIpc) is 3.25. The summed E-state index contributed by atoms with van der Waals surface area (Å²) < 4.78 is 17.2. The molecule has 0 saturated heterocycles. The molecule has 1 fully saturated rings. The van der Waals surface area contributed by atoms with E-state index in [0.29, 0.717) is 32.3 Å². The summed E-state index contributed by atoms with van der Waals surface area (Å²) in [7, 11) is -0.586. The van der Waals surface area contributed by atoms with E-state index in [2.05, 4.69) is 65.1 Å². The van der Waals surface area contributed by atoms with Gasteiger partial charge in [-0.2, -0.15) is 0 Å². The van der Waals surface area contributed by atoms with E-state index in [4.69, 9.17) is 13.9 Å². The molecule has 0 N–H and O–H groups in total. The third kappa shape index (κ3) is 9.24. The SMILES string of the molecule is CCCCC[C@H](O[Si](C)(C)C(C)(C)C)c1ccc([C@H]2CCC(=O)C2(CCCCCCC(=O)OCC)C(=O)OC)cc1. The van der Waals surface area contributed by atoms with Crippen molar-refractivity contribution in [3.05, 3.63) is 35.4 Å². The number of hydrogen-bond acceptors (Lipinski definition) is 6. The highest BCUT2D eigenvalue weighted by molar-refractivity contribution is 6.74. The van der Waals surface area contributed by atoms with Gasteiger partial charge in [0.2, 0.25) is 0 Å². The lowest BCUT2D eigenvalue weighted by atomic mass is 9.70. The van der Waals surface area contributed by atoms with Crippen LogP contribution in [0.5, 0.6) is 0 Å². The zero-order valence-electron chi connectivity index (χ0n) is 27.1. The summed E-state index contributed by atoms with van der Waals surface area (Å²) >= 11 is 0. The van der Waals surface area contributed by atoms with Crippen LogP contribution in [0.4, 0.5) is 0 Å². The van der Waals surface area contributed by atoms with Crippen molar-refractivity contribution in [3.8, 4) is 0 Å². The first-order valence-electron chi connectivity index (χ1n) is 15.9. The van der Waals surface area contributed by atoms with Gasteiger partial charge in [0, 0.05) is 18.8 Å². The van der Waals surface area contributed by atoms with Crippen molar-refractivity contribution in [2.75, 3.05) is 13.7 Å². The summed E-state index contributed by atoms with van der Waals surface area (Å²) in [5.41, 5.74) is 1.05. The molecule has 7 heteroatoms. The number of methoxy groups -OCH3 is 1. The maximum atomic E-state index is 13.4. The second-order valence-corrected chi connectivity index (χ2v) is 18.0. The van der Waals surface area contributed by atoms with Crippen LogP contribution in [0.3, 0.4) is 0 Å². The fourth-order valence-electron chi connectivity index (χ4n) is 5.85.